The standard InChI is InChI=1S/C12H15ClN2O/c13-12(6-2-1-3-7-12)15-11(16)10-5-4-8-14-9-10/h4-5,8-9H,1-3,6-7H2,(H,15,16). The molecule has 0 spiro atoms. The quantitative estimate of drug-likeness (QED) is 0.636. The molecule has 1 aliphatic rings. The van der Waals surface area contributed by atoms with Crippen molar-refractivity contribution in [1.82, 2.24) is 10.3 Å². The zero-order valence-corrected chi connectivity index (χ0v) is 9.83. The molecule has 0 radical (unpaired) electrons. The van der Waals surface area contributed by atoms with Gasteiger partial charge in [-0.25, -0.2) is 0 Å². The van der Waals surface area contributed by atoms with E-state index in [4.69, 9.17) is 11.6 Å². The normalized spacial score (nSPS) is 19.1. The van der Waals surface area contributed by atoms with E-state index >= 15 is 0 Å². The third-order valence-electron chi connectivity index (χ3n) is 2.91. The van der Waals surface area contributed by atoms with Crippen LogP contribution in [0, 0.1) is 0 Å². The molecule has 0 aliphatic heterocycles. The number of nitrogens with one attached hydrogen (secondary N) is 1. The Kier molecular flexibility index (Phi) is 3.44. The number of nitrogens with zero attached hydrogens (tertiary/aromatic N) is 1. The van der Waals surface area contributed by atoms with Gasteiger partial charge in [0.25, 0.3) is 5.91 Å². The maximum Gasteiger partial charge on any atom is 0.254 e. The van der Waals surface area contributed by atoms with E-state index in [9.17, 15) is 4.79 Å². The Morgan fingerprint density at radius 1 is 1.38 bits per heavy atom. The molecule has 1 N–H and O–H groups in total. The molecule has 0 bridgehead atoms. The van der Waals surface area contributed by atoms with Crippen LogP contribution in [0.3, 0.4) is 0 Å². The van der Waals surface area contributed by atoms with Gasteiger partial charge < -0.3 is 5.32 Å². The zero-order valence-electron chi connectivity index (χ0n) is 9.08. The highest BCUT2D eigenvalue weighted by atomic mass is 35.5. The van der Waals surface area contributed by atoms with Gasteiger partial charge >= 0.3 is 0 Å². The van der Waals surface area contributed by atoms with Gasteiger partial charge in [0.1, 0.15) is 5.00 Å². The summed E-state index contributed by atoms with van der Waals surface area (Å²) < 4.78 is 0. The third-order valence-corrected chi connectivity index (χ3v) is 3.38. The highest BCUT2D eigenvalue weighted by Gasteiger charge is 2.31. The SMILES string of the molecule is O=C(NC1(Cl)CCCCC1)c1cccnc1. The monoisotopic (exact) mass is 238 g/mol. The average Bonchev–Trinajstić information content (AvgIpc) is 2.30. The third kappa shape index (κ3) is 2.73. The molecule has 1 aliphatic carbocycles. The second-order valence-corrected chi connectivity index (χ2v) is 4.95. The predicted molar refractivity (Wildman–Crippen MR) is 63.4 cm³/mol. The van der Waals surface area contributed by atoms with Crippen molar-refractivity contribution in [2.45, 2.75) is 37.1 Å². The molecule has 4 heteroatoms. The van der Waals surface area contributed by atoms with E-state index in [0.717, 1.165) is 25.7 Å². The van der Waals surface area contributed by atoms with Crippen LogP contribution >= 0.6 is 11.6 Å². The van der Waals surface area contributed by atoms with Gasteiger partial charge in [0, 0.05) is 12.4 Å². The lowest BCUT2D eigenvalue weighted by atomic mass is 9.94. The Balaban J connectivity index is 2.01. The van der Waals surface area contributed by atoms with Crippen LogP contribution < -0.4 is 5.32 Å². The van der Waals surface area contributed by atoms with Crippen molar-refractivity contribution in [3.8, 4) is 0 Å². The van der Waals surface area contributed by atoms with Crippen molar-refractivity contribution in [3.05, 3.63) is 30.1 Å². The number of rotatable bonds is 2. The van der Waals surface area contributed by atoms with Crippen LogP contribution in [0.4, 0.5) is 0 Å². The summed E-state index contributed by atoms with van der Waals surface area (Å²) in [5.74, 6) is -0.134. The van der Waals surface area contributed by atoms with Gasteiger partial charge in [-0.3, -0.25) is 9.78 Å². The number of halogens is 1. The maximum absolute atomic E-state index is 11.9. The minimum atomic E-state index is -0.550. The van der Waals surface area contributed by atoms with Crippen molar-refractivity contribution in [3.63, 3.8) is 0 Å². The smallest absolute Gasteiger partial charge is 0.254 e. The van der Waals surface area contributed by atoms with Crippen molar-refractivity contribution in [2.24, 2.45) is 0 Å². The number of carbonyl (C=O) groups is 1. The van der Waals surface area contributed by atoms with Crippen molar-refractivity contribution >= 4 is 17.5 Å². The van der Waals surface area contributed by atoms with E-state index in [2.05, 4.69) is 10.3 Å². The Morgan fingerprint density at radius 2 is 2.12 bits per heavy atom. The van der Waals surface area contributed by atoms with Gasteiger partial charge in [0.05, 0.1) is 5.56 Å². The first-order valence-electron chi connectivity index (χ1n) is 5.61. The number of pyridine rings is 1. The van der Waals surface area contributed by atoms with Crippen molar-refractivity contribution in [1.29, 1.82) is 0 Å². The fourth-order valence-corrected chi connectivity index (χ4v) is 2.36. The molecule has 3 nitrogen and oxygen atoms in total. The highest BCUT2D eigenvalue weighted by molar-refractivity contribution is 6.25. The first-order chi connectivity index (χ1) is 7.70. The zero-order chi connectivity index (χ0) is 11.4. The van der Waals surface area contributed by atoms with Crippen molar-refractivity contribution < 1.29 is 4.79 Å². The molecule has 0 aromatic carbocycles. The van der Waals surface area contributed by atoms with E-state index in [0.29, 0.717) is 5.56 Å². The molecule has 1 amide bonds. The van der Waals surface area contributed by atoms with Gasteiger partial charge in [-0.2, -0.15) is 0 Å². The van der Waals surface area contributed by atoms with Gasteiger partial charge in [-0.15, -0.1) is 0 Å². The molecule has 0 unspecified atom stereocenters. The molecule has 1 saturated carbocycles. The van der Waals surface area contributed by atoms with E-state index < -0.39 is 5.00 Å². The second-order valence-electron chi connectivity index (χ2n) is 4.22. The van der Waals surface area contributed by atoms with Gasteiger partial charge in [0.2, 0.25) is 0 Å². The summed E-state index contributed by atoms with van der Waals surface area (Å²) in [6.45, 7) is 0. The lowest BCUT2D eigenvalue weighted by Gasteiger charge is -2.31. The Labute approximate surface area is 100 Å². The molecule has 1 fully saturated rings. The molecule has 0 atom stereocenters. The summed E-state index contributed by atoms with van der Waals surface area (Å²) in [6, 6.07) is 3.49. The molecule has 2 rings (SSSR count). The number of amides is 1. The van der Waals surface area contributed by atoms with Gasteiger partial charge in [0.15, 0.2) is 0 Å². The molecule has 86 valence electrons. The lowest BCUT2D eigenvalue weighted by molar-refractivity contribution is 0.0914. The molecule has 1 aromatic rings. The minimum absolute atomic E-state index is 0.134. The van der Waals surface area contributed by atoms with Gasteiger partial charge in [-0.1, -0.05) is 18.0 Å². The number of alkyl halides is 1. The first kappa shape index (κ1) is 11.4. The van der Waals surface area contributed by atoms with Crippen LogP contribution in [0.5, 0.6) is 0 Å². The number of carbonyl (C=O) groups excluding carboxylic acids is 1. The van der Waals surface area contributed by atoms with Crippen LogP contribution in [0.1, 0.15) is 42.5 Å². The second kappa shape index (κ2) is 4.83. The van der Waals surface area contributed by atoms with Crippen LogP contribution in [0.15, 0.2) is 24.5 Å². The molecular weight excluding hydrogens is 224 g/mol. The molecule has 1 aromatic heterocycles. The molecule has 1 heterocycles. The largest absolute Gasteiger partial charge is 0.333 e. The Bertz CT molecular complexity index is 361. The Morgan fingerprint density at radius 3 is 2.75 bits per heavy atom. The van der Waals surface area contributed by atoms with Crippen LogP contribution in [-0.4, -0.2) is 15.9 Å². The summed E-state index contributed by atoms with van der Waals surface area (Å²) >= 11 is 6.37. The summed E-state index contributed by atoms with van der Waals surface area (Å²) in [4.78, 5) is 15.2. The minimum Gasteiger partial charge on any atom is -0.333 e. The van der Waals surface area contributed by atoms with Crippen molar-refractivity contribution in [2.75, 3.05) is 0 Å². The van der Waals surface area contributed by atoms with Crippen LogP contribution in [-0.2, 0) is 0 Å². The average molecular weight is 239 g/mol. The first-order valence-corrected chi connectivity index (χ1v) is 5.99. The topological polar surface area (TPSA) is 42.0 Å². The van der Waals surface area contributed by atoms with E-state index in [1.165, 1.54) is 6.42 Å². The Hall–Kier alpha value is -1.09. The predicted octanol–water partition coefficient (Wildman–Crippen LogP) is 2.71. The number of hydrogen-bond donors (Lipinski definition) is 1. The summed E-state index contributed by atoms with van der Waals surface area (Å²) in [5, 5.41) is 2.90. The summed E-state index contributed by atoms with van der Waals surface area (Å²) in [5.41, 5.74) is 0.563. The fraction of sp³-hybridized carbons (Fsp3) is 0.500. The number of hydrogen-bond acceptors (Lipinski definition) is 2. The molecular formula is C12H15ClN2O. The fourth-order valence-electron chi connectivity index (χ4n) is 2.01. The van der Waals surface area contributed by atoms with E-state index in [1.54, 1.807) is 24.5 Å². The summed E-state index contributed by atoms with van der Waals surface area (Å²) in [6.07, 6.45) is 8.26. The molecule has 0 saturated heterocycles. The van der Waals surface area contributed by atoms with Gasteiger partial charge in [-0.05, 0) is 37.8 Å². The highest BCUT2D eigenvalue weighted by Crippen LogP contribution is 2.31. The summed E-state index contributed by atoms with van der Waals surface area (Å²) in [7, 11) is 0. The van der Waals surface area contributed by atoms with E-state index in [1.807, 2.05) is 0 Å². The maximum atomic E-state index is 11.9. The van der Waals surface area contributed by atoms with Crippen LogP contribution in [0.25, 0.3) is 0 Å². The van der Waals surface area contributed by atoms with E-state index in [-0.39, 0.29) is 5.91 Å². The number of aromatic nitrogens is 1. The molecule has 16 heavy (non-hydrogen) atoms. The lowest BCUT2D eigenvalue weighted by Crippen LogP contribution is -2.45. The van der Waals surface area contributed by atoms with Crippen LogP contribution in [0.2, 0.25) is 0 Å².